The predicted octanol–water partition coefficient (Wildman–Crippen LogP) is 1.55. The molecular formula is C16H19ClN2O7S. The van der Waals surface area contributed by atoms with E-state index >= 15 is 0 Å². The van der Waals surface area contributed by atoms with Crippen LogP contribution >= 0.6 is 11.6 Å². The summed E-state index contributed by atoms with van der Waals surface area (Å²) in [5, 5.41) is 1.83. The zero-order chi connectivity index (χ0) is 20.2. The minimum absolute atomic E-state index is 0.0269. The number of carbonyl (C=O) groups is 3. The molecule has 2 rings (SSSR count). The number of methoxy groups -OCH3 is 1. The third-order valence-corrected chi connectivity index (χ3v) is 6.15. The number of amides is 2. The molecule has 1 aromatic carbocycles. The Bertz CT molecular complexity index is 850. The molecule has 1 fully saturated rings. The zero-order valence-corrected chi connectivity index (χ0v) is 16.3. The maximum atomic E-state index is 12.6. The molecule has 1 aromatic rings. The number of benzene rings is 1. The molecule has 1 N–H and O–H groups in total. The SMILES string of the molecule is COC(=O)NC(=O)[C@H](C)OC(=O)c1cc(S(=O)(=O)N2CCCC2)ccc1Cl. The summed E-state index contributed by atoms with van der Waals surface area (Å²) in [4.78, 5) is 35.0. The Kier molecular flexibility index (Phi) is 6.79. The van der Waals surface area contributed by atoms with Gasteiger partial charge in [0.05, 0.1) is 22.6 Å². The summed E-state index contributed by atoms with van der Waals surface area (Å²) < 4.78 is 35.8. The molecule has 0 aliphatic carbocycles. The lowest BCUT2D eigenvalue weighted by molar-refractivity contribution is -0.128. The van der Waals surface area contributed by atoms with E-state index in [1.54, 1.807) is 0 Å². The molecule has 0 radical (unpaired) electrons. The predicted molar refractivity (Wildman–Crippen MR) is 94.9 cm³/mol. The van der Waals surface area contributed by atoms with E-state index in [9.17, 15) is 22.8 Å². The van der Waals surface area contributed by atoms with Gasteiger partial charge >= 0.3 is 12.1 Å². The maximum absolute atomic E-state index is 12.6. The van der Waals surface area contributed by atoms with Gasteiger partial charge in [0.15, 0.2) is 6.10 Å². The molecule has 11 heteroatoms. The van der Waals surface area contributed by atoms with Gasteiger partial charge in [0.25, 0.3) is 5.91 Å². The van der Waals surface area contributed by atoms with Crippen LogP contribution in [0, 0.1) is 0 Å². The van der Waals surface area contributed by atoms with Gasteiger partial charge in [-0.25, -0.2) is 18.0 Å². The van der Waals surface area contributed by atoms with Crippen molar-refractivity contribution in [3.8, 4) is 0 Å². The van der Waals surface area contributed by atoms with Crippen LogP contribution in [0.25, 0.3) is 0 Å². The number of rotatable bonds is 5. The second-order valence-electron chi connectivity index (χ2n) is 5.78. The summed E-state index contributed by atoms with van der Waals surface area (Å²) in [6.45, 7) is 2.07. The molecule has 27 heavy (non-hydrogen) atoms. The van der Waals surface area contributed by atoms with E-state index < -0.39 is 34.1 Å². The highest BCUT2D eigenvalue weighted by molar-refractivity contribution is 7.89. The number of carbonyl (C=O) groups excluding carboxylic acids is 3. The summed E-state index contributed by atoms with van der Waals surface area (Å²) in [7, 11) is -2.67. The van der Waals surface area contributed by atoms with E-state index in [4.69, 9.17) is 16.3 Å². The van der Waals surface area contributed by atoms with Crippen molar-refractivity contribution in [3.63, 3.8) is 0 Å². The first kappa shape index (κ1) is 21.1. The summed E-state index contributed by atoms with van der Waals surface area (Å²) in [5.41, 5.74) is -0.199. The Labute approximate surface area is 161 Å². The summed E-state index contributed by atoms with van der Waals surface area (Å²) >= 11 is 5.99. The first-order chi connectivity index (χ1) is 12.7. The van der Waals surface area contributed by atoms with Crippen molar-refractivity contribution in [2.24, 2.45) is 0 Å². The van der Waals surface area contributed by atoms with Crippen molar-refractivity contribution < 1.29 is 32.3 Å². The van der Waals surface area contributed by atoms with E-state index in [-0.39, 0.29) is 15.5 Å². The second kappa shape index (κ2) is 8.68. The number of imide groups is 1. The van der Waals surface area contributed by atoms with Gasteiger partial charge in [-0.05, 0) is 38.0 Å². The van der Waals surface area contributed by atoms with Gasteiger partial charge in [0.2, 0.25) is 10.0 Å². The molecule has 9 nitrogen and oxygen atoms in total. The number of halogens is 1. The van der Waals surface area contributed by atoms with Crippen LogP contribution in [-0.2, 0) is 24.3 Å². The number of hydrogen-bond acceptors (Lipinski definition) is 7. The fourth-order valence-corrected chi connectivity index (χ4v) is 4.17. The lowest BCUT2D eigenvalue weighted by Crippen LogP contribution is -2.39. The fourth-order valence-electron chi connectivity index (χ4n) is 2.43. The summed E-state index contributed by atoms with van der Waals surface area (Å²) in [5.74, 6) is -1.89. The minimum Gasteiger partial charge on any atom is -0.453 e. The van der Waals surface area contributed by atoms with Gasteiger partial charge in [-0.15, -0.1) is 0 Å². The molecule has 1 heterocycles. The highest BCUT2D eigenvalue weighted by Gasteiger charge is 2.29. The van der Waals surface area contributed by atoms with Gasteiger partial charge in [-0.3, -0.25) is 10.1 Å². The van der Waals surface area contributed by atoms with Crippen molar-refractivity contribution in [1.82, 2.24) is 9.62 Å². The van der Waals surface area contributed by atoms with Gasteiger partial charge in [0, 0.05) is 13.1 Å². The smallest absolute Gasteiger partial charge is 0.413 e. The normalized spacial score (nSPS) is 15.8. The van der Waals surface area contributed by atoms with E-state index in [1.807, 2.05) is 5.32 Å². The lowest BCUT2D eigenvalue weighted by Gasteiger charge is -2.17. The number of sulfonamides is 1. The Hall–Kier alpha value is -2.17. The molecule has 1 atom stereocenters. The number of hydrogen-bond donors (Lipinski definition) is 1. The third kappa shape index (κ3) is 4.96. The van der Waals surface area contributed by atoms with Crippen LogP contribution in [0.2, 0.25) is 5.02 Å². The average molecular weight is 419 g/mol. The summed E-state index contributed by atoms with van der Waals surface area (Å²) in [6.07, 6.45) is -0.783. The average Bonchev–Trinajstić information content (AvgIpc) is 3.17. The van der Waals surface area contributed by atoms with Crippen LogP contribution in [0.3, 0.4) is 0 Å². The zero-order valence-electron chi connectivity index (χ0n) is 14.7. The molecule has 148 valence electrons. The highest BCUT2D eigenvalue weighted by atomic mass is 35.5. The molecule has 0 spiro atoms. The highest BCUT2D eigenvalue weighted by Crippen LogP contribution is 2.26. The van der Waals surface area contributed by atoms with Crippen LogP contribution in [-0.4, -0.2) is 57.0 Å². The molecule has 0 saturated carbocycles. The largest absolute Gasteiger partial charge is 0.453 e. The van der Waals surface area contributed by atoms with Crippen LogP contribution < -0.4 is 5.32 Å². The molecule has 2 amide bonds. The summed E-state index contributed by atoms with van der Waals surface area (Å²) in [6, 6.07) is 3.70. The van der Waals surface area contributed by atoms with Crippen molar-refractivity contribution in [1.29, 1.82) is 0 Å². The second-order valence-corrected chi connectivity index (χ2v) is 8.13. The van der Waals surface area contributed by atoms with Gasteiger partial charge < -0.3 is 9.47 Å². The van der Waals surface area contributed by atoms with E-state index in [0.29, 0.717) is 13.1 Å². The van der Waals surface area contributed by atoms with E-state index in [2.05, 4.69) is 4.74 Å². The van der Waals surface area contributed by atoms with Crippen molar-refractivity contribution in [3.05, 3.63) is 28.8 Å². The number of nitrogens with zero attached hydrogens (tertiary/aromatic N) is 1. The maximum Gasteiger partial charge on any atom is 0.413 e. The number of nitrogens with one attached hydrogen (secondary N) is 1. The van der Waals surface area contributed by atoms with Gasteiger partial charge in [-0.2, -0.15) is 4.31 Å². The molecule has 0 bridgehead atoms. The van der Waals surface area contributed by atoms with Crippen molar-refractivity contribution in [2.75, 3.05) is 20.2 Å². The van der Waals surface area contributed by atoms with Crippen LogP contribution in [0.15, 0.2) is 23.1 Å². The molecule has 0 unspecified atom stereocenters. The quantitative estimate of drug-likeness (QED) is 0.720. The van der Waals surface area contributed by atoms with Crippen molar-refractivity contribution >= 4 is 39.6 Å². The molecule has 0 aromatic heterocycles. The first-order valence-electron chi connectivity index (χ1n) is 8.06. The van der Waals surface area contributed by atoms with Gasteiger partial charge in [-0.1, -0.05) is 11.6 Å². The topological polar surface area (TPSA) is 119 Å². The molecule has 1 saturated heterocycles. The van der Waals surface area contributed by atoms with Gasteiger partial charge in [0.1, 0.15) is 0 Å². The third-order valence-electron chi connectivity index (χ3n) is 3.92. The number of esters is 1. The Morgan fingerprint density at radius 2 is 1.85 bits per heavy atom. The Morgan fingerprint density at radius 3 is 2.44 bits per heavy atom. The fraction of sp³-hybridized carbons (Fsp3) is 0.438. The lowest BCUT2D eigenvalue weighted by atomic mass is 10.2. The molecule has 1 aliphatic heterocycles. The number of alkyl carbamates (subject to hydrolysis) is 1. The van der Waals surface area contributed by atoms with Crippen LogP contribution in [0.5, 0.6) is 0 Å². The molecule has 1 aliphatic rings. The van der Waals surface area contributed by atoms with E-state index in [0.717, 1.165) is 26.0 Å². The molecular weight excluding hydrogens is 400 g/mol. The van der Waals surface area contributed by atoms with Crippen LogP contribution in [0.1, 0.15) is 30.1 Å². The monoisotopic (exact) mass is 418 g/mol. The Balaban J connectivity index is 2.19. The standard InChI is InChI=1S/C16H19ClN2O7S/c1-10(14(20)18-16(22)25-2)26-15(21)12-9-11(5-6-13(12)17)27(23,24)19-7-3-4-8-19/h5-6,9-10H,3-4,7-8H2,1-2H3,(H,18,20,22)/t10-/m0/s1. The van der Waals surface area contributed by atoms with Crippen molar-refractivity contribution in [2.45, 2.75) is 30.8 Å². The Morgan fingerprint density at radius 1 is 1.22 bits per heavy atom. The first-order valence-corrected chi connectivity index (χ1v) is 9.88. The van der Waals surface area contributed by atoms with E-state index in [1.165, 1.54) is 23.4 Å². The number of ether oxygens (including phenoxy) is 2. The van der Waals surface area contributed by atoms with Crippen LogP contribution in [0.4, 0.5) is 4.79 Å². The minimum atomic E-state index is -3.75.